The van der Waals surface area contributed by atoms with Crippen LogP contribution in [0, 0.1) is 5.82 Å². The molecular weight excluding hydrogens is 355 g/mol. The number of aromatic nitrogens is 2. The van der Waals surface area contributed by atoms with Crippen LogP contribution in [0.3, 0.4) is 0 Å². The van der Waals surface area contributed by atoms with Crippen molar-refractivity contribution in [2.24, 2.45) is 0 Å². The summed E-state index contributed by atoms with van der Waals surface area (Å²) in [5.74, 6) is -1.47. The van der Waals surface area contributed by atoms with Gasteiger partial charge in [0, 0.05) is 25.3 Å². The summed E-state index contributed by atoms with van der Waals surface area (Å²) in [4.78, 5) is 31.1. The van der Waals surface area contributed by atoms with E-state index in [1.807, 2.05) is 0 Å². The van der Waals surface area contributed by atoms with Crippen molar-refractivity contribution in [1.82, 2.24) is 19.4 Å². The fourth-order valence-electron chi connectivity index (χ4n) is 3.08. The molecule has 0 bridgehead atoms. The average molecular weight is 376 g/mol. The normalized spacial score (nSPS) is 17.3. The minimum absolute atomic E-state index is 0.0921. The molecule has 1 N–H and O–H groups in total. The molecule has 0 spiro atoms. The topological polar surface area (TPSA) is 87.9 Å². The highest BCUT2D eigenvalue weighted by Gasteiger charge is 2.28. The molecule has 0 aliphatic carbocycles. The molecule has 1 amide bonds. The molecule has 1 unspecified atom stereocenters. The van der Waals surface area contributed by atoms with E-state index < -0.39 is 5.97 Å². The third kappa shape index (κ3) is 4.69. The molecule has 1 aromatic heterocycles. The molecule has 1 saturated heterocycles. The van der Waals surface area contributed by atoms with Crippen molar-refractivity contribution in [3.05, 3.63) is 48.3 Å². The van der Waals surface area contributed by atoms with Gasteiger partial charge in [0.2, 0.25) is 0 Å². The second kappa shape index (κ2) is 8.28. The standard InChI is InChI=1S/C18H21FN4O4/c1-21(11-17(24)25)9-15-10-22(6-7-27-15)18(26)16-8-20-12-23(16)14-4-2-13(19)3-5-14/h2-5,8,12,15H,6-7,9-11H2,1H3,(H,24,25). The maximum Gasteiger partial charge on any atom is 0.317 e. The Morgan fingerprint density at radius 2 is 2.11 bits per heavy atom. The quantitative estimate of drug-likeness (QED) is 0.805. The van der Waals surface area contributed by atoms with Crippen LogP contribution in [0.2, 0.25) is 0 Å². The Morgan fingerprint density at radius 3 is 2.81 bits per heavy atom. The van der Waals surface area contributed by atoms with Gasteiger partial charge in [0.05, 0.1) is 31.8 Å². The first-order valence-corrected chi connectivity index (χ1v) is 8.53. The summed E-state index contributed by atoms with van der Waals surface area (Å²) in [6, 6.07) is 5.81. The van der Waals surface area contributed by atoms with Gasteiger partial charge >= 0.3 is 5.97 Å². The van der Waals surface area contributed by atoms with Crippen molar-refractivity contribution in [3.8, 4) is 5.69 Å². The van der Waals surface area contributed by atoms with E-state index in [1.54, 1.807) is 33.5 Å². The van der Waals surface area contributed by atoms with Gasteiger partial charge in [-0.15, -0.1) is 0 Å². The molecule has 2 aromatic rings. The van der Waals surface area contributed by atoms with E-state index in [9.17, 15) is 14.0 Å². The van der Waals surface area contributed by atoms with Crippen LogP contribution in [0.5, 0.6) is 0 Å². The molecular formula is C18H21FN4O4. The molecule has 1 aromatic carbocycles. The number of halogens is 1. The summed E-state index contributed by atoms with van der Waals surface area (Å²) < 4.78 is 20.4. The van der Waals surface area contributed by atoms with Gasteiger partial charge in [0.15, 0.2) is 0 Å². The zero-order valence-corrected chi connectivity index (χ0v) is 14.9. The van der Waals surface area contributed by atoms with Crippen molar-refractivity contribution < 1.29 is 23.8 Å². The van der Waals surface area contributed by atoms with Gasteiger partial charge in [-0.1, -0.05) is 0 Å². The summed E-state index contributed by atoms with van der Waals surface area (Å²) in [5.41, 5.74) is 1.02. The Hall–Kier alpha value is -2.78. The lowest BCUT2D eigenvalue weighted by Gasteiger charge is -2.34. The summed E-state index contributed by atoms with van der Waals surface area (Å²) in [7, 11) is 1.70. The zero-order chi connectivity index (χ0) is 19.4. The molecule has 8 nitrogen and oxygen atoms in total. The SMILES string of the molecule is CN(CC(=O)O)CC1CN(C(=O)c2cncn2-c2ccc(F)cc2)CCO1. The van der Waals surface area contributed by atoms with Crippen LogP contribution < -0.4 is 0 Å². The second-order valence-corrected chi connectivity index (χ2v) is 6.46. The van der Waals surface area contributed by atoms with Crippen LogP contribution in [0.4, 0.5) is 4.39 Å². The molecule has 144 valence electrons. The van der Waals surface area contributed by atoms with Gasteiger partial charge in [-0.3, -0.25) is 19.1 Å². The van der Waals surface area contributed by atoms with Crippen molar-refractivity contribution in [2.45, 2.75) is 6.10 Å². The number of imidazole rings is 1. The summed E-state index contributed by atoms with van der Waals surface area (Å²) in [5, 5.41) is 8.85. The third-order valence-electron chi connectivity index (χ3n) is 4.31. The average Bonchev–Trinajstić information content (AvgIpc) is 3.11. The first-order chi connectivity index (χ1) is 12.9. The molecule has 1 atom stereocenters. The van der Waals surface area contributed by atoms with E-state index in [4.69, 9.17) is 9.84 Å². The maximum atomic E-state index is 13.1. The highest BCUT2D eigenvalue weighted by atomic mass is 19.1. The molecule has 1 aliphatic rings. The van der Waals surface area contributed by atoms with Crippen LogP contribution in [0.1, 0.15) is 10.5 Å². The molecule has 27 heavy (non-hydrogen) atoms. The molecule has 1 aliphatic heterocycles. The minimum Gasteiger partial charge on any atom is -0.480 e. The maximum absolute atomic E-state index is 13.1. The van der Waals surface area contributed by atoms with Gasteiger partial charge in [-0.2, -0.15) is 0 Å². The lowest BCUT2D eigenvalue weighted by molar-refractivity contribution is -0.138. The van der Waals surface area contributed by atoms with Gasteiger partial charge in [-0.05, 0) is 31.3 Å². The first-order valence-electron chi connectivity index (χ1n) is 8.53. The van der Waals surface area contributed by atoms with Crippen LogP contribution in [0.25, 0.3) is 5.69 Å². The van der Waals surface area contributed by atoms with E-state index in [0.717, 1.165) is 0 Å². The van der Waals surface area contributed by atoms with Gasteiger partial charge < -0.3 is 14.7 Å². The number of carboxylic acid groups (broad SMARTS) is 1. The number of hydrogen-bond acceptors (Lipinski definition) is 5. The van der Waals surface area contributed by atoms with Crippen LogP contribution in [-0.2, 0) is 9.53 Å². The van der Waals surface area contributed by atoms with E-state index in [-0.39, 0.29) is 24.4 Å². The van der Waals surface area contributed by atoms with E-state index in [0.29, 0.717) is 37.6 Å². The Morgan fingerprint density at radius 1 is 1.37 bits per heavy atom. The van der Waals surface area contributed by atoms with Crippen molar-refractivity contribution in [3.63, 3.8) is 0 Å². The number of likely N-dealkylation sites (N-methyl/N-ethyl adjacent to an activating group) is 1. The number of carbonyl (C=O) groups is 2. The van der Waals surface area contributed by atoms with E-state index in [1.165, 1.54) is 24.7 Å². The molecule has 2 heterocycles. The minimum atomic E-state index is -0.913. The number of nitrogens with zero attached hydrogens (tertiary/aromatic N) is 4. The Labute approximate surface area is 155 Å². The highest BCUT2D eigenvalue weighted by molar-refractivity contribution is 5.93. The number of carboxylic acids is 1. The smallest absolute Gasteiger partial charge is 0.317 e. The van der Waals surface area contributed by atoms with Crippen LogP contribution >= 0.6 is 0 Å². The molecule has 0 radical (unpaired) electrons. The fraction of sp³-hybridized carbons (Fsp3) is 0.389. The molecule has 3 rings (SSSR count). The Kier molecular flexibility index (Phi) is 5.82. The van der Waals surface area contributed by atoms with Crippen molar-refractivity contribution in [1.29, 1.82) is 0 Å². The van der Waals surface area contributed by atoms with Gasteiger partial charge in [0.25, 0.3) is 5.91 Å². The first kappa shape index (κ1) is 19.0. The van der Waals surface area contributed by atoms with Gasteiger partial charge in [0.1, 0.15) is 11.5 Å². The lowest BCUT2D eigenvalue weighted by Crippen LogP contribution is -2.49. The Balaban J connectivity index is 1.70. The van der Waals surface area contributed by atoms with Crippen molar-refractivity contribution in [2.75, 3.05) is 39.8 Å². The number of amides is 1. The highest BCUT2D eigenvalue weighted by Crippen LogP contribution is 2.16. The lowest BCUT2D eigenvalue weighted by atomic mass is 10.2. The number of carbonyl (C=O) groups excluding carboxylic acids is 1. The van der Waals surface area contributed by atoms with Gasteiger partial charge in [-0.25, -0.2) is 9.37 Å². The summed E-state index contributed by atoms with van der Waals surface area (Å²) >= 11 is 0. The number of hydrogen-bond donors (Lipinski definition) is 1. The summed E-state index contributed by atoms with van der Waals surface area (Å²) in [6.45, 7) is 1.49. The molecule has 9 heteroatoms. The predicted octanol–water partition coefficient (Wildman–Crippen LogP) is 0.869. The van der Waals surface area contributed by atoms with E-state index >= 15 is 0 Å². The van der Waals surface area contributed by atoms with Crippen LogP contribution in [0.15, 0.2) is 36.8 Å². The number of benzene rings is 1. The molecule has 0 saturated carbocycles. The zero-order valence-electron chi connectivity index (χ0n) is 14.9. The van der Waals surface area contributed by atoms with Crippen LogP contribution in [-0.4, -0.2) is 82.3 Å². The largest absolute Gasteiger partial charge is 0.480 e. The fourth-order valence-corrected chi connectivity index (χ4v) is 3.08. The Bertz CT molecular complexity index is 808. The number of rotatable bonds is 6. The number of aliphatic carboxylic acids is 1. The third-order valence-corrected chi connectivity index (χ3v) is 4.31. The summed E-state index contributed by atoms with van der Waals surface area (Å²) in [6.07, 6.45) is 2.72. The number of ether oxygens (including phenoxy) is 1. The molecule has 1 fully saturated rings. The monoisotopic (exact) mass is 376 g/mol. The van der Waals surface area contributed by atoms with E-state index in [2.05, 4.69) is 4.98 Å². The van der Waals surface area contributed by atoms with Crippen molar-refractivity contribution >= 4 is 11.9 Å². The second-order valence-electron chi connectivity index (χ2n) is 6.46. The number of morpholine rings is 1. The predicted molar refractivity (Wildman–Crippen MR) is 94.3 cm³/mol.